The zero-order valence-electron chi connectivity index (χ0n) is 9.63. The molecule has 92 valence electrons. The first-order valence-electron chi connectivity index (χ1n) is 5.48. The quantitative estimate of drug-likeness (QED) is 0.701. The topological polar surface area (TPSA) is 60.2 Å². The summed E-state index contributed by atoms with van der Waals surface area (Å²) in [5.74, 6) is 0.0499. The third-order valence-electron chi connectivity index (χ3n) is 2.44. The highest BCUT2D eigenvalue weighted by molar-refractivity contribution is 7.91. The monoisotopic (exact) mass is 239 g/mol. The highest BCUT2D eigenvalue weighted by atomic mass is 32.2. The van der Waals surface area contributed by atoms with Gasteiger partial charge in [-0.2, -0.15) is 0 Å². The molecule has 0 saturated carbocycles. The third kappa shape index (κ3) is 6.10. The van der Waals surface area contributed by atoms with Crippen molar-refractivity contribution >= 4 is 9.84 Å². The van der Waals surface area contributed by atoms with Crippen LogP contribution in [-0.4, -0.2) is 32.1 Å². The van der Waals surface area contributed by atoms with Gasteiger partial charge in [0.2, 0.25) is 0 Å². The van der Waals surface area contributed by atoms with Crippen molar-refractivity contribution in [3.63, 3.8) is 0 Å². The van der Waals surface area contributed by atoms with E-state index in [0.717, 1.165) is 0 Å². The first kappa shape index (κ1) is 14.8. The molecule has 1 unspecified atom stereocenters. The fourth-order valence-electron chi connectivity index (χ4n) is 1.53. The van der Waals surface area contributed by atoms with Crippen LogP contribution in [0.2, 0.25) is 0 Å². The second-order valence-electron chi connectivity index (χ2n) is 4.01. The number of hydrogen-bond donors (Lipinski definition) is 1. The molecule has 0 radical (unpaired) electrons. The van der Waals surface area contributed by atoms with Crippen LogP contribution in [0.15, 0.2) is 0 Å². The van der Waals surface area contributed by atoms with Crippen molar-refractivity contribution in [2.75, 3.05) is 18.1 Å². The van der Waals surface area contributed by atoms with Gasteiger partial charge in [-0.1, -0.05) is 20.3 Å². The Bertz CT molecular complexity index is 267. The number of halogens is 1. The molecule has 0 spiro atoms. The van der Waals surface area contributed by atoms with Gasteiger partial charge in [0.1, 0.15) is 15.5 Å². The normalized spacial score (nSPS) is 16.3. The molecular formula is C10H22FNO2S. The molecule has 0 fully saturated rings. The van der Waals surface area contributed by atoms with Crippen LogP contribution in [0.1, 0.15) is 39.5 Å². The van der Waals surface area contributed by atoms with Crippen molar-refractivity contribution < 1.29 is 12.8 Å². The van der Waals surface area contributed by atoms with Gasteiger partial charge >= 0.3 is 0 Å². The predicted molar refractivity (Wildman–Crippen MR) is 61.4 cm³/mol. The molecule has 0 rings (SSSR count). The molecule has 3 nitrogen and oxygen atoms in total. The lowest BCUT2D eigenvalue weighted by Gasteiger charge is -2.22. The molecule has 0 aromatic rings. The van der Waals surface area contributed by atoms with E-state index < -0.39 is 15.5 Å². The Morgan fingerprint density at radius 1 is 1.13 bits per heavy atom. The Hall–Kier alpha value is -0.160. The third-order valence-corrected chi connectivity index (χ3v) is 4.30. The van der Waals surface area contributed by atoms with E-state index in [1.165, 1.54) is 0 Å². The molecule has 0 amide bonds. The fraction of sp³-hybridized carbons (Fsp3) is 1.00. The van der Waals surface area contributed by atoms with Gasteiger partial charge in [-0.15, -0.1) is 0 Å². The molecule has 0 aromatic heterocycles. The van der Waals surface area contributed by atoms with E-state index in [0.29, 0.717) is 19.3 Å². The van der Waals surface area contributed by atoms with Gasteiger partial charge in [-0.05, 0) is 19.3 Å². The van der Waals surface area contributed by atoms with Crippen LogP contribution in [-0.2, 0) is 9.84 Å². The summed E-state index contributed by atoms with van der Waals surface area (Å²) in [5.41, 5.74) is 3.82. The first-order chi connectivity index (χ1) is 6.89. The summed E-state index contributed by atoms with van der Waals surface area (Å²) < 4.78 is 36.7. The predicted octanol–water partition coefficient (Wildman–Crippen LogP) is 1.67. The number of rotatable bonds is 8. The van der Waals surface area contributed by atoms with E-state index in [-0.39, 0.29) is 24.5 Å². The van der Waals surface area contributed by atoms with Crippen molar-refractivity contribution in [3.05, 3.63) is 0 Å². The average molecular weight is 239 g/mol. The molecule has 0 aromatic carbocycles. The minimum atomic E-state index is -3.09. The van der Waals surface area contributed by atoms with Gasteiger partial charge in [0.05, 0.1) is 5.75 Å². The van der Waals surface area contributed by atoms with E-state index in [2.05, 4.69) is 0 Å². The van der Waals surface area contributed by atoms with E-state index in [1.807, 2.05) is 6.92 Å². The molecule has 2 N–H and O–H groups in total. The number of hydrogen-bond acceptors (Lipinski definition) is 3. The lowest BCUT2D eigenvalue weighted by Crippen LogP contribution is -2.35. The summed E-state index contributed by atoms with van der Waals surface area (Å²) in [6.45, 7) is 3.57. The fourth-order valence-corrected chi connectivity index (χ4v) is 3.03. The molecule has 15 heavy (non-hydrogen) atoms. The Morgan fingerprint density at radius 3 is 2.13 bits per heavy atom. The maximum atomic E-state index is 13.9. The number of sulfone groups is 1. The standard InChI is InChI=1S/C10H22FNO2S/c1-3-5-10(11,9-12)6-8-15(13,14)7-4-2/h3-9,12H2,1-2H3. The second-order valence-corrected chi connectivity index (χ2v) is 6.31. The van der Waals surface area contributed by atoms with Crippen molar-refractivity contribution in [1.29, 1.82) is 0 Å². The lowest BCUT2D eigenvalue weighted by molar-refractivity contribution is 0.153. The summed E-state index contributed by atoms with van der Waals surface area (Å²) in [4.78, 5) is 0. The highest BCUT2D eigenvalue weighted by Gasteiger charge is 2.28. The molecule has 0 heterocycles. The summed E-state index contributed by atoms with van der Waals surface area (Å²) in [7, 11) is -3.09. The van der Waals surface area contributed by atoms with Crippen LogP contribution in [0.5, 0.6) is 0 Å². The zero-order valence-corrected chi connectivity index (χ0v) is 10.4. The van der Waals surface area contributed by atoms with Crippen molar-refractivity contribution in [1.82, 2.24) is 0 Å². The van der Waals surface area contributed by atoms with Crippen molar-refractivity contribution in [2.45, 2.75) is 45.2 Å². The maximum Gasteiger partial charge on any atom is 0.150 e. The van der Waals surface area contributed by atoms with E-state index in [1.54, 1.807) is 6.92 Å². The smallest absolute Gasteiger partial charge is 0.150 e. The van der Waals surface area contributed by atoms with Gasteiger partial charge in [-0.25, -0.2) is 12.8 Å². The molecule has 0 saturated heterocycles. The highest BCUT2D eigenvalue weighted by Crippen LogP contribution is 2.22. The zero-order chi connectivity index (χ0) is 11.9. The molecule has 0 aliphatic carbocycles. The molecule has 0 aliphatic heterocycles. The Morgan fingerprint density at radius 2 is 1.73 bits per heavy atom. The van der Waals surface area contributed by atoms with Crippen molar-refractivity contribution in [3.8, 4) is 0 Å². The first-order valence-corrected chi connectivity index (χ1v) is 7.30. The maximum absolute atomic E-state index is 13.9. The largest absolute Gasteiger partial charge is 0.328 e. The van der Waals surface area contributed by atoms with Crippen molar-refractivity contribution in [2.24, 2.45) is 5.73 Å². The Labute approximate surface area is 92.2 Å². The van der Waals surface area contributed by atoms with Crippen LogP contribution in [0.4, 0.5) is 4.39 Å². The van der Waals surface area contributed by atoms with Crippen LogP contribution in [0, 0.1) is 0 Å². The number of nitrogens with two attached hydrogens (primary N) is 1. The Balaban J connectivity index is 4.22. The number of alkyl halides is 1. The van der Waals surface area contributed by atoms with Gasteiger partial charge in [-0.3, -0.25) is 0 Å². The minimum absolute atomic E-state index is 0.0275. The van der Waals surface area contributed by atoms with Gasteiger partial charge in [0.15, 0.2) is 0 Å². The SMILES string of the molecule is CCCC(F)(CN)CCS(=O)(=O)CCC. The lowest BCUT2D eigenvalue weighted by atomic mass is 9.97. The average Bonchev–Trinajstić information content (AvgIpc) is 2.16. The van der Waals surface area contributed by atoms with Gasteiger partial charge in [0, 0.05) is 12.3 Å². The minimum Gasteiger partial charge on any atom is -0.328 e. The van der Waals surface area contributed by atoms with E-state index in [4.69, 9.17) is 5.73 Å². The molecule has 5 heteroatoms. The van der Waals surface area contributed by atoms with Crippen LogP contribution < -0.4 is 5.73 Å². The summed E-state index contributed by atoms with van der Waals surface area (Å²) in [6.07, 6.45) is 1.63. The molecular weight excluding hydrogens is 217 g/mol. The van der Waals surface area contributed by atoms with Gasteiger partial charge < -0.3 is 5.73 Å². The summed E-state index contributed by atoms with van der Waals surface area (Å²) in [6, 6.07) is 0. The summed E-state index contributed by atoms with van der Waals surface area (Å²) in [5, 5.41) is 0. The van der Waals surface area contributed by atoms with Crippen LogP contribution in [0.25, 0.3) is 0 Å². The summed E-state index contributed by atoms with van der Waals surface area (Å²) >= 11 is 0. The molecule has 0 aliphatic rings. The van der Waals surface area contributed by atoms with Crippen LogP contribution in [0.3, 0.4) is 0 Å². The van der Waals surface area contributed by atoms with E-state index >= 15 is 0 Å². The van der Waals surface area contributed by atoms with E-state index in [9.17, 15) is 12.8 Å². The van der Waals surface area contributed by atoms with Crippen LogP contribution >= 0.6 is 0 Å². The molecule has 0 bridgehead atoms. The second kappa shape index (κ2) is 6.43. The Kier molecular flexibility index (Phi) is 6.36. The molecule has 1 atom stereocenters. The van der Waals surface area contributed by atoms with Gasteiger partial charge in [0.25, 0.3) is 0 Å².